The number of nitrogens with one attached hydrogen (secondary N) is 1. The van der Waals surface area contributed by atoms with Crippen LogP contribution in [-0.4, -0.2) is 17.0 Å². The smallest absolute Gasteiger partial charge is 0.335 e. The Morgan fingerprint density at radius 2 is 1.66 bits per heavy atom. The Morgan fingerprint density at radius 3 is 2.38 bits per heavy atom. The molecule has 142 valence electrons. The molecule has 0 aliphatic rings. The van der Waals surface area contributed by atoms with Crippen LogP contribution in [0.1, 0.15) is 15.9 Å². The number of ether oxygens (including phenoxy) is 1. The lowest BCUT2D eigenvalue weighted by atomic mass is 10.1. The van der Waals surface area contributed by atoms with E-state index < -0.39 is 11.9 Å². The molecule has 0 unspecified atom stereocenters. The van der Waals surface area contributed by atoms with Crippen molar-refractivity contribution in [3.8, 4) is 17.6 Å². The van der Waals surface area contributed by atoms with Gasteiger partial charge in [-0.2, -0.15) is 5.26 Å². The number of nitriles is 1. The first-order chi connectivity index (χ1) is 14.0. The van der Waals surface area contributed by atoms with E-state index in [2.05, 4.69) is 5.32 Å². The second kappa shape index (κ2) is 9.02. The number of hydrogen-bond donors (Lipinski definition) is 2. The Labute approximate surface area is 167 Å². The Morgan fingerprint density at radius 1 is 0.931 bits per heavy atom. The molecule has 6 nitrogen and oxygen atoms in total. The first-order valence-corrected chi connectivity index (χ1v) is 8.64. The number of carbonyl (C=O) groups is 2. The van der Waals surface area contributed by atoms with Gasteiger partial charge in [-0.3, -0.25) is 4.79 Å². The predicted molar refractivity (Wildman–Crippen MR) is 109 cm³/mol. The number of hydrogen-bond acceptors (Lipinski definition) is 4. The zero-order chi connectivity index (χ0) is 20.6. The standard InChI is InChI=1S/C23H16N2O4/c24-15-18(22(26)25-19-8-5-7-17(14-19)23(27)28)12-16-6-4-11-21(13-16)29-20-9-2-1-3-10-20/h1-14H,(H,25,26)(H,27,28)/b18-12-. The van der Waals surface area contributed by atoms with Crippen molar-refractivity contribution < 1.29 is 19.4 Å². The summed E-state index contributed by atoms with van der Waals surface area (Å²) in [6, 6.07) is 23.9. The van der Waals surface area contributed by atoms with Gasteiger partial charge < -0.3 is 15.2 Å². The molecule has 3 aromatic carbocycles. The summed E-state index contributed by atoms with van der Waals surface area (Å²) in [5.41, 5.74) is 0.820. The molecule has 0 aromatic heterocycles. The fourth-order valence-corrected chi connectivity index (χ4v) is 2.54. The number of anilines is 1. The third-order valence-corrected chi connectivity index (χ3v) is 3.88. The van der Waals surface area contributed by atoms with Crippen molar-refractivity contribution in [1.29, 1.82) is 5.26 Å². The molecule has 0 spiro atoms. The number of carbonyl (C=O) groups excluding carboxylic acids is 1. The van der Waals surface area contributed by atoms with Crippen molar-refractivity contribution in [3.05, 3.63) is 95.6 Å². The number of aromatic carboxylic acids is 1. The average molecular weight is 384 g/mol. The van der Waals surface area contributed by atoms with Gasteiger partial charge >= 0.3 is 5.97 Å². The monoisotopic (exact) mass is 384 g/mol. The first-order valence-electron chi connectivity index (χ1n) is 8.64. The van der Waals surface area contributed by atoms with E-state index in [0.717, 1.165) is 0 Å². The van der Waals surface area contributed by atoms with Crippen LogP contribution in [0, 0.1) is 11.3 Å². The minimum absolute atomic E-state index is 0.0380. The molecule has 0 heterocycles. The van der Waals surface area contributed by atoms with E-state index in [1.54, 1.807) is 30.3 Å². The summed E-state index contributed by atoms with van der Waals surface area (Å²) in [6.07, 6.45) is 1.44. The summed E-state index contributed by atoms with van der Waals surface area (Å²) in [5, 5.41) is 21.0. The number of benzene rings is 3. The highest BCUT2D eigenvalue weighted by atomic mass is 16.5. The molecule has 1 amide bonds. The number of carboxylic acid groups (broad SMARTS) is 1. The van der Waals surface area contributed by atoms with Crippen LogP contribution in [0.5, 0.6) is 11.5 Å². The molecular weight excluding hydrogens is 368 g/mol. The van der Waals surface area contributed by atoms with Gasteiger partial charge in [-0.25, -0.2) is 4.79 Å². The molecule has 0 atom stereocenters. The third kappa shape index (κ3) is 5.31. The SMILES string of the molecule is N#C/C(=C/c1cccc(Oc2ccccc2)c1)C(=O)Nc1cccc(C(=O)O)c1. The molecule has 29 heavy (non-hydrogen) atoms. The van der Waals surface area contributed by atoms with Gasteiger partial charge in [0.2, 0.25) is 0 Å². The number of amides is 1. The van der Waals surface area contributed by atoms with Crippen LogP contribution < -0.4 is 10.1 Å². The summed E-state index contributed by atoms with van der Waals surface area (Å²) >= 11 is 0. The summed E-state index contributed by atoms with van der Waals surface area (Å²) in [4.78, 5) is 23.5. The molecule has 0 aliphatic heterocycles. The molecule has 3 rings (SSSR count). The molecule has 3 aromatic rings. The first kappa shape index (κ1) is 19.4. The van der Waals surface area contributed by atoms with E-state index >= 15 is 0 Å². The van der Waals surface area contributed by atoms with Gasteiger partial charge in [-0.15, -0.1) is 0 Å². The molecule has 0 aliphatic carbocycles. The van der Waals surface area contributed by atoms with Crippen molar-refractivity contribution in [3.63, 3.8) is 0 Å². The molecule has 0 bridgehead atoms. The molecule has 6 heteroatoms. The van der Waals surface area contributed by atoms with Crippen molar-refractivity contribution >= 4 is 23.6 Å². The van der Waals surface area contributed by atoms with Crippen molar-refractivity contribution in [2.24, 2.45) is 0 Å². The molecule has 0 fully saturated rings. The van der Waals surface area contributed by atoms with Gasteiger partial charge in [0.1, 0.15) is 23.1 Å². The van der Waals surface area contributed by atoms with E-state index in [0.29, 0.717) is 17.1 Å². The maximum absolute atomic E-state index is 12.4. The lowest BCUT2D eigenvalue weighted by molar-refractivity contribution is -0.112. The van der Waals surface area contributed by atoms with Crippen LogP contribution in [0.25, 0.3) is 6.08 Å². The Hall–Kier alpha value is -4.37. The number of para-hydroxylation sites is 1. The van der Waals surface area contributed by atoms with E-state index in [-0.39, 0.29) is 16.8 Å². The molecule has 0 saturated heterocycles. The predicted octanol–water partition coefficient (Wildman–Crippen LogP) is 4.72. The van der Waals surface area contributed by atoms with E-state index in [1.165, 1.54) is 24.3 Å². The second-order valence-electron chi connectivity index (χ2n) is 6.00. The lowest BCUT2D eigenvalue weighted by Crippen LogP contribution is -2.13. The van der Waals surface area contributed by atoms with Crippen LogP contribution in [0.3, 0.4) is 0 Å². The Bertz CT molecular complexity index is 1110. The Balaban J connectivity index is 1.78. The molecule has 0 radical (unpaired) electrons. The minimum Gasteiger partial charge on any atom is -0.478 e. The van der Waals surface area contributed by atoms with E-state index in [1.807, 2.05) is 36.4 Å². The topological polar surface area (TPSA) is 99.4 Å². The highest BCUT2D eigenvalue weighted by Crippen LogP contribution is 2.23. The summed E-state index contributed by atoms with van der Waals surface area (Å²) in [7, 11) is 0. The highest BCUT2D eigenvalue weighted by Gasteiger charge is 2.11. The van der Waals surface area contributed by atoms with E-state index in [4.69, 9.17) is 9.84 Å². The van der Waals surface area contributed by atoms with E-state index in [9.17, 15) is 14.9 Å². The number of carboxylic acids is 1. The summed E-state index contributed by atoms with van der Waals surface area (Å²) < 4.78 is 5.76. The molecule has 0 saturated carbocycles. The zero-order valence-electron chi connectivity index (χ0n) is 15.2. The van der Waals surface area contributed by atoms with Crippen LogP contribution in [0.15, 0.2) is 84.4 Å². The van der Waals surface area contributed by atoms with Crippen molar-refractivity contribution in [2.75, 3.05) is 5.32 Å². The zero-order valence-corrected chi connectivity index (χ0v) is 15.2. The fraction of sp³-hybridized carbons (Fsp3) is 0. The lowest BCUT2D eigenvalue weighted by Gasteiger charge is -2.07. The Kier molecular flexibility index (Phi) is 6.03. The van der Waals surface area contributed by atoms with Crippen molar-refractivity contribution in [2.45, 2.75) is 0 Å². The van der Waals surface area contributed by atoms with Gasteiger partial charge in [0, 0.05) is 5.69 Å². The molecule has 2 N–H and O–H groups in total. The fourth-order valence-electron chi connectivity index (χ4n) is 2.54. The van der Waals surface area contributed by atoms with Crippen molar-refractivity contribution in [1.82, 2.24) is 0 Å². The second-order valence-corrected chi connectivity index (χ2v) is 6.00. The maximum atomic E-state index is 12.4. The highest BCUT2D eigenvalue weighted by molar-refractivity contribution is 6.10. The average Bonchev–Trinajstić information content (AvgIpc) is 2.73. The van der Waals surface area contributed by atoms with Gasteiger partial charge in [0.05, 0.1) is 5.56 Å². The van der Waals surface area contributed by atoms with Gasteiger partial charge in [-0.05, 0) is 54.1 Å². The number of nitrogens with zero attached hydrogens (tertiary/aromatic N) is 1. The maximum Gasteiger partial charge on any atom is 0.335 e. The van der Waals surface area contributed by atoms with Crippen LogP contribution >= 0.6 is 0 Å². The van der Waals surface area contributed by atoms with Crippen LogP contribution in [0.4, 0.5) is 5.69 Å². The molecular formula is C23H16N2O4. The largest absolute Gasteiger partial charge is 0.478 e. The third-order valence-electron chi connectivity index (χ3n) is 3.88. The van der Waals surface area contributed by atoms with Gasteiger partial charge in [0.25, 0.3) is 5.91 Å². The number of rotatable bonds is 6. The van der Waals surface area contributed by atoms with Gasteiger partial charge in [0.15, 0.2) is 0 Å². The summed E-state index contributed by atoms with van der Waals surface area (Å²) in [6.45, 7) is 0. The minimum atomic E-state index is -1.10. The van der Waals surface area contributed by atoms with Crippen LogP contribution in [-0.2, 0) is 4.79 Å². The normalized spacial score (nSPS) is 10.7. The summed E-state index contributed by atoms with van der Waals surface area (Å²) in [5.74, 6) is -0.501. The van der Waals surface area contributed by atoms with Gasteiger partial charge in [-0.1, -0.05) is 36.4 Å². The quantitative estimate of drug-likeness (QED) is 0.473. The van der Waals surface area contributed by atoms with Crippen LogP contribution in [0.2, 0.25) is 0 Å².